The molecule has 1 aromatic carbocycles. The smallest absolute Gasteiger partial charge is 0.161 e. The second kappa shape index (κ2) is 7.20. The van der Waals surface area contributed by atoms with Gasteiger partial charge >= 0.3 is 0 Å². The molecular weight excluding hydrogens is 276 g/mol. The number of hydrogen-bond acceptors (Lipinski definition) is 6. The molecule has 0 aliphatic carbocycles. The molecule has 1 heterocycles. The second-order valence-electron chi connectivity index (χ2n) is 5.40. The minimum Gasteiger partial charge on any atom is -0.508 e. The third-order valence-electron chi connectivity index (χ3n) is 3.56. The van der Waals surface area contributed by atoms with Crippen LogP contribution in [0.2, 0.25) is 0 Å². The average molecular weight is 298 g/mol. The largest absolute Gasteiger partial charge is 0.508 e. The lowest BCUT2D eigenvalue weighted by Crippen LogP contribution is -2.51. The standard InChI is InChI=1S/C15H22O6/c1-9(6-10-2-4-11(17)5-3-10)20-14-7-12(18)15(19)13(8-16)21-14/h2-5,9,12-19H,6-8H2,1H3/t9?,12-,13?,14-,15+/m1/s1. The van der Waals surface area contributed by atoms with Crippen molar-refractivity contribution in [1.82, 2.24) is 0 Å². The van der Waals surface area contributed by atoms with Gasteiger partial charge in [0.05, 0.1) is 18.8 Å². The lowest BCUT2D eigenvalue weighted by molar-refractivity contribution is -0.267. The number of benzene rings is 1. The van der Waals surface area contributed by atoms with Crippen LogP contribution in [0.3, 0.4) is 0 Å². The number of aliphatic hydroxyl groups is 3. The fraction of sp³-hybridized carbons (Fsp3) is 0.600. The lowest BCUT2D eigenvalue weighted by Gasteiger charge is -2.37. The van der Waals surface area contributed by atoms with Crippen molar-refractivity contribution in [3.63, 3.8) is 0 Å². The van der Waals surface area contributed by atoms with Crippen LogP contribution in [0.5, 0.6) is 5.75 Å². The summed E-state index contributed by atoms with van der Waals surface area (Å²) in [5.74, 6) is 0.214. The van der Waals surface area contributed by atoms with E-state index in [4.69, 9.17) is 14.6 Å². The molecule has 118 valence electrons. The third-order valence-corrected chi connectivity index (χ3v) is 3.56. The van der Waals surface area contributed by atoms with Crippen LogP contribution < -0.4 is 0 Å². The first-order valence-electron chi connectivity index (χ1n) is 7.05. The minimum absolute atomic E-state index is 0.164. The summed E-state index contributed by atoms with van der Waals surface area (Å²) in [5, 5.41) is 37.7. The van der Waals surface area contributed by atoms with Gasteiger partial charge in [0.25, 0.3) is 0 Å². The monoisotopic (exact) mass is 298 g/mol. The summed E-state index contributed by atoms with van der Waals surface area (Å²) in [6.45, 7) is 1.51. The van der Waals surface area contributed by atoms with Crippen LogP contribution in [0.1, 0.15) is 18.9 Å². The number of phenols is 1. The van der Waals surface area contributed by atoms with E-state index < -0.39 is 24.6 Å². The van der Waals surface area contributed by atoms with E-state index in [0.29, 0.717) is 6.42 Å². The zero-order valence-electron chi connectivity index (χ0n) is 11.9. The molecule has 1 aromatic rings. The van der Waals surface area contributed by atoms with Gasteiger partial charge in [-0.05, 0) is 31.0 Å². The molecule has 0 spiro atoms. The van der Waals surface area contributed by atoms with Crippen LogP contribution in [0.4, 0.5) is 0 Å². The van der Waals surface area contributed by atoms with Gasteiger partial charge in [-0.2, -0.15) is 0 Å². The van der Waals surface area contributed by atoms with Crippen molar-refractivity contribution in [2.24, 2.45) is 0 Å². The number of hydrogen-bond donors (Lipinski definition) is 4. The summed E-state index contributed by atoms with van der Waals surface area (Å²) in [6, 6.07) is 6.85. The Morgan fingerprint density at radius 2 is 1.95 bits per heavy atom. The highest BCUT2D eigenvalue weighted by Gasteiger charge is 2.37. The maximum Gasteiger partial charge on any atom is 0.161 e. The predicted molar refractivity (Wildman–Crippen MR) is 74.7 cm³/mol. The van der Waals surface area contributed by atoms with E-state index >= 15 is 0 Å². The predicted octanol–water partition coefficient (Wildman–Crippen LogP) is 0.169. The number of ether oxygens (including phenoxy) is 2. The number of phenolic OH excluding ortho intramolecular Hbond substituents is 1. The van der Waals surface area contributed by atoms with Crippen LogP contribution in [0, 0.1) is 0 Å². The third kappa shape index (κ3) is 4.39. The fourth-order valence-electron chi connectivity index (χ4n) is 2.43. The van der Waals surface area contributed by atoms with Gasteiger partial charge < -0.3 is 29.9 Å². The Morgan fingerprint density at radius 3 is 2.57 bits per heavy atom. The van der Waals surface area contributed by atoms with Crippen LogP contribution in [0.15, 0.2) is 24.3 Å². The first-order chi connectivity index (χ1) is 9.99. The Morgan fingerprint density at radius 1 is 1.29 bits per heavy atom. The van der Waals surface area contributed by atoms with E-state index in [2.05, 4.69) is 0 Å². The van der Waals surface area contributed by atoms with Crippen molar-refractivity contribution in [3.05, 3.63) is 29.8 Å². The van der Waals surface area contributed by atoms with Gasteiger partial charge in [-0.1, -0.05) is 12.1 Å². The van der Waals surface area contributed by atoms with Crippen molar-refractivity contribution in [1.29, 1.82) is 0 Å². The summed E-state index contributed by atoms with van der Waals surface area (Å²) in [6.07, 6.45) is -2.93. The molecule has 0 radical (unpaired) electrons. The molecule has 5 atom stereocenters. The summed E-state index contributed by atoms with van der Waals surface area (Å²) in [5.41, 5.74) is 1.01. The van der Waals surface area contributed by atoms with Gasteiger partial charge in [0.1, 0.15) is 18.0 Å². The molecule has 0 amide bonds. The maximum atomic E-state index is 9.73. The highest BCUT2D eigenvalue weighted by molar-refractivity contribution is 5.26. The zero-order valence-corrected chi connectivity index (χ0v) is 11.9. The maximum absolute atomic E-state index is 9.73. The van der Waals surface area contributed by atoms with Gasteiger partial charge in [-0.25, -0.2) is 0 Å². The number of aliphatic hydroxyl groups excluding tert-OH is 3. The molecule has 4 N–H and O–H groups in total. The second-order valence-corrected chi connectivity index (χ2v) is 5.40. The van der Waals surface area contributed by atoms with E-state index in [0.717, 1.165) is 5.56 Å². The normalized spacial score (nSPS) is 31.0. The van der Waals surface area contributed by atoms with E-state index in [-0.39, 0.29) is 24.9 Å². The Kier molecular flexibility index (Phi) is 5.55. The topological polar surface area (TPSA) is 99.4 Å². The Bertz CT molecular complexity index is 434. The Labute approximate surface area is 123 Å². The van der Waals surface area contributed by atoms with Crippen molar-refractivity contribution in [2.45, 2.75) is 50.5 Å². The van der Waals surface area contributed by atoms with E-state index in [1.807, 2.05) is 19.1 Å². The quantitative estimate of drug-likeness (QED) is 0.618. The number of rotatable bonds is 5. The van der Waals surface area contributed by atoms with Crippen molar-refractivity contribution >= 4 is 0 Å². The first-order valence-corrected chi connectivity index (χ1v) is 7.05. The highest BCUT2D eigenvalue weighted by atomic mass is 16.7. The molecule has 1 fully saturated rings. The molecule has 0 saturated carbocycles. The van der Waals surface area contributed by atoms with Gasteiger partial charge in [0, 0.05) is 6.42 Å². The molecule has 6 heteroatoms. The first kappa shape index (κ1) is 16.2. The van der Waals surface area contributed by atoms with Crippen molar-refractivity contribution in [2.75, 3.05) is 6.61 Å². The van der Waals surface area contributed by atoms with Crippen LogP contribution in [-0.4, -0.2) is 57.7 Å². The molecule has 1 aliphatic rings. The summed E-state index contributed by atoms with van der Waals surface area (Å²) >= 11 is 0. The van der Waals surface area contributed by atoms with Crippen LogP contribution >= 0.6 is 0 Å². The summed E-state index contributed by atoms with van der Waals surface area (Å²) in [4.78, 5) is 0. The van der Waals surface area contributed by atoms with Gasteiger partial charge in [0.15, 0.2) is 6.29 Å². The van der Waals surface area contributed by atoms with E-state index in [1.54, 1.807) is 12.1 Å². The highest BCUT2D eigenvalue weighted by Crippen LogP contribution is 2.23. The van der Waals surface area contributed by atoms with Crippen molar-refractivity contribution < 1.29 is 29.9 Å². The van der Waals surface area contributed by atoms with Crippen LogP contribution in [-0.2, 0) is 15.9 Å². The molecule has 21 heavy (non-hydrogen) atoms. The van der Waals surface area contributed by atoms with Crippen molar-refractivity contribution in [3.8, 4) is 5.75 Å². The molecule has 2 unspecified atom stereocenters. The lowest BCUT2D eigenvalue weighted by atomic mass is 10.0. The summed E-state index contributed by atoms with van der Waals surface area (Å²) < 4.78 is 11.1. The van der Waals surface area contributed by atoms with Gasteiger partial charge in [-0.15, -0.1) is 0 Å². The molecule has 2 rings (SSSR count). The molecular formula is C15H22O6. The zero-order chi connectivity index (χ0) is 15.4. The molecule has 0 bridgehead atoms. The number of aromatic hydroxyl groups is 1. The van der Waals surface area contributed by atoms with E-state index in [1.165, 1.54) is 0 Å². The fourth-order valence-corrected chi connectivity index (χ4v) is 2.43. The van der Waals surface area contributed by atoms with Gasteiger partial charge in [0.2, 0.25) is 0 Å². The molecule has 1 aliphatic heterocycles. The average Bonchev–Trinajstić information content (AvgIpc) is 2.45. The molecule has 1 saturated heterocycles. The van der Waals surface area contributed by atoms with E-state index in [9.17, 15) is 15.3 Å². The SMILES string of the molecule is CC(Cc1ccc(O)cc1)O[C@H]1C[C@@H](O)[C@H](O)C(CO)O1. The Balaban J connectivity index is 1.87. The molecule has 6 nitrogen and oxygen atoms in total. The molecule has 0 aromatic heterocycles. The minimum atomic E-state index is -1.10. The van der Waals surface area contributed by atoms with Gasteiger partial charge in [-0.3, -0.25) is 0 Å². The summed E-state index contributed by atoms with van der Waals surface area (Å²) in [7, 11) is 0. The Hall–Kier alpha value is -1.18. The van der Waals surface area contributed by atoms with Crippen LogP contribution in [0.25, 0.3) is 0 Å².